The number of benzene rings is 1. The van der Waals surface area contributed by atoms with Crippen LogP contribution in [0.5, 0.6) is 5.75 Å². The van der Waals surface area contributed by atoms with Crippen molar-refractivity contribution in [2.24, 2.45) is 0 Å². The fourth-order valence-electron chi connectivity index (χ4n) is 2.33. The van der Waals surface area contributed by atoms with Crippen LogP contribution in [0.3, 0.4) is 0 Å². The third kappa shape index (κ3) is 3.25. The maximum Gasteiger partial charge on any atom is 0.125 e. The first kappa shape index (κ1) is 13.8. The van der Waals surface area contributed by atoms with E-state index in [4.69, 9.17) is 4.74 Å². The predicted octanol–water partition coefficient (Wildman–Crippen LogP) is 3.18. The van der Waals surface area contributed by atoms with E-state index in [1.54, 1.807) is 6.92 Å². The maximum absolute atomic E-state index is 9.92. The van der Waals surface area contributed by atoms with Gasteiger partial charge in [0.15, 0.2) is 0 Å². The van der Waals surface area contributed by atoms with Gasteiger partial charge < -0.3 is 14.9 Å². The van der Waals surface area contributed by atoms with Crippen molar-refractivity contribution in [2.75, 3.05) is 0 Å². The molecule has 0 bridgehead atoms. The third-order valence-electron chi connectivity index (χ3n) is 3.37. The van der Waals surface area contributed by atoms with Gasteiger partial charge in [-0.05, 0) is 44.4 Å². The minimum Gasteiger partial charge on any atom is -0.487 e. The highest BCUT2D eigenvalue weighted by Crippen LogP contribution is 2.31. The zero-order chi connectivity index (χ0) is 13.1. The van der Waals surface area contributed by atoms with Crippen molar-refractivity contribution >= 4 is 15.9 Å². The molecule has 100 valence electrons. The summed E-state index contributed by atoms with van der Waals surface area (Å²) in [6.07, 6.45) is 2.68. The predicted molar refractivity (Wildman–Crippen MR) is 73.7 cm³/mol. The van der Waals surface area contributed by atoms with Crippen molar-refractivity contribution in [2.45, 2.75) is 50.9 Å². The Morgan fingerprint density at radius 2 is 2.06 bits per heavy atom. The Bertz CT molecular complexity index is 406. The quantitative estimate of drug-likeness (QED) is 0.901. The number of halogens is 1. The van der Waals surface area contributed by atoms with Gasteiger partial charge in [-0.25, -0.2) is 0 Å². The van der Waals surface area contributed by atoms with Crippen molar-refractivity contribution < 1.29 is 14.9 Å². The largest absolute Gasteiger partial charge is 0.487 e. The monoisotopic (exact) mass is 314 g/mol. The summed E-state index contributed by atoms with van der Waals surface area (Å²) >= 11 is 3.39. The molecule has 3 nitrogen and oxygen atoms in total. The lowest BCUT2D eigenvalue weighted by atomic mass is 9.94. The van der Waals surface area contributed by atoms with Crippen LogP contribution in [0, 0.1) is 0 Å². The molecule has 2 N–H and O–H groups in total. The van der Waals surface area contributed by atoms with Gasteiger partial charge in [0.05, 0.1) is 12.2 Å². The molecule has 1 saturated carbocycles. The van der Waals surface area contributed by atoms with Gasteiger partial charge in [0, 0.05) is 10.0 Å². The summed E-state index contributed by atoms with van der Waals surface area (Å²) in [5.74, 6) is 0.666. The zero-order valence-electron chi connectivity index (χ0n) is 10.5. The van der Waals surface area contributed by atoms with Crippen molar-refractivity contribution in [1.29, 1.82) is 0 Å². The molecule has 1 aliphatic carbocycles. The number of aliphatic hydroxyl groups is 2. The van der Waals surface area contributed by atoms with E-state index in [9.17, 15) is 10.2 Å². The van der Waals surface area contributed by atoms with Crippen LogP contribution in [0.25, 0.3) is 0 Å². The molecular formula is C14H19BrO3. The van der Waals surface area contributed by atoms with Crippen LogP contribution >= 0.6 is 15.9 Å². The van der Waals surface area contributed by atoms with E-state index in [0.29, 0.717) is 5.75 Å². The van der Waals surface area contributed by atoms with Crippen molar-refractivity contribution in [3.63, 3.8) is 0 Å². The highest BCUT2D eigenvalue weighted by molar-refractivity contribution is 9.10. The third-order valence-corrected chi connectivity index (χ3v) is 3.86. The van der Waals surface area contributed by atoms with Crippen molar-refractivity contribution in [3.8, 4) is 5.75 Å². The second-order valence-electron chi connectivity index (χ2n) is 4.87. The summed E-state index contributed by atoms with van der Waals surface area (Å²) in [6, 6.07) is 5.58. The summed E-state index contributed by atoms with van der Waals surface area (Å²) in [5, 5.41) is 19.7. The molecule has 1 aromatic rings. The average Bonchev–Trinajstić information content (AvgIpc) is 2.34. The Morgan fingerprint density at radius 1 is 1.33 bits per heavy atom. The number of ether oxygens (including phenoxy) is 1. The van der Waals surface area contributed by atoms with E-state index in [2.05, 4.69) is 15.9 Å². The van der Waals surface area contributed by atoms with E-state index in [1.807, 2.05) is 18.2 Å². The highest BCUT2D eigenvalue weighted by Gasteiger charge is 2.25. The Labute approximate surface area is 116 Å². The summed E-state index contributed by atoms with van der Waals surface area (Å²) in [7, 11) is 0. The van der Waals surface area contributed by atoms with Crippen LogP contribution in [0.4, 0.5) is 0 Å². The summed E-state index contributed by atoms with van der Waals surface area (Å²) in [5.41, 5.74) is 0.752. The van der Waals surface area contributed by atoms with Gasteiger partial charge >= 0.3 is 0 Å². The lowest BCUT2D eigenvalue weighted by Crippen LogP contribution is -2.34. The molecule has 2 rings (SSSR count). The fraction of sp³-hybridized carbons (Fsp3) is 0.571. The number of hydrogen-bond acceptors (Lipinski definition) is 3. The molecule has 3 atom stereocenters. The van der Waals surface area contributed by atoms with Gasteiger partial charge in [0.2, 0.25) is 0 Å². The first-order chi connectivity index (χ1) is 8.58. The molecular weight excluding hydrogens is 296 g/mol. The molecule has 4 heteroatoms. The normalized spacial score (nSPS) is 25.8. The van der Waals surface area contributed by atoms with E-state index >= 15 is 0 Å². The van der Waals surface area contributed by atoms with E-state index in [0.717, 1.165) is 35.7 Å². The molecule has 0 aliphatic heterocycles. The van der Waals surface area contributed by atoms with Gasteiger partial charge in [0.25, 0.3) is 0 Å². The van der Waals surface area contributed by atoms with Crippen LogP contribution in [0.2, 0.25) is 0 Å². The van der Waals surface area contributed by atoms with Crippen molar-refractivity contribution in [1.82, 2.24) is 0 Å². The van der Waals surface area contributed by atoms with Crippen molar-refractivity contribution in [3.05, 3.63) is 28.2 Å². The molecule has 1 aromatic carbocycles. The minimum absolute atomic E-state index is 0.155. The lowest BCUT2D eigenvalue weighted by Gasteiger charge is -2.29. The maximum atomic E-state index is 9.92. The smallest absolute Gasteiger partial charge is 0.125 e. The Kier molecular flexibility index (Phi) is 4.65. The Balaban J connectivity index is 2.17. The zero-order valence-corrected chi connectivity index (χ0v) is 12.1. The van der Waals surface area contributed by atoms with Crippen LogP contribution in [0.15, 0.2) is 22.7 Å². The molecule has 0 heterocycles. The SMILES string of the molecule is C[C@H](O)c1cc(Br)ccc1OC1CCCCC1O. The topological polar surface area (TPSA) is 49.7 Å². The van der Waals surface area contributed by atoms with Crippen LogP contribution in [-0.4, -0.2) is 22.4 Å². The van der Waals surface area contributed by atoms with Gasteiger partial charge in [-0.3, -0.25) is 0 Å². The van der Waals surface area contributed by atoms with Crippen LogP contribution < -0.4 is 4.74 Å². The molecule has 1 aliphatic rings. The van der Waals surface area contributed by atoms with Gasteiger partial charge in [-0.15, -0.1) is 0 Å². The molecule has 0 aromatic heterocycles. The highest BCUT2D eigenvalue weighted by atomic mass is 79.9. The molecule has 2 unspecified atom stereocenters. The average molecular weight is 315 g/mol. The van der Waals surface area contributed by atoms with E-state index in [-0.39, 0.29) is 6.10 Å². The fourth-order valence-corrected chi connectivity index (χ4v) is 2.71. The molecule has 18 heavy (non-hydrogen) atoms. The standard InChI is InChI=1S/C14H19BrO3/c1-9(16)11-8-10(15)6-7-13(11)18-14-5-3-2-4-12(14)17/h6-9,12,14,16-17H,2-5H2,1H3/t9-,12?,14?/m0/s1. The number of hydrogen-bond donors (Lipinski definition) is 2. The van der Waals surface area contributed by atoms with Crippen LogP contribution in [0.1, 0.15) is 44.3 Å². The first-order valence-electron chi connectivity index (χ1n) is 6.40. The second-order valence-corrected chi connectivity index (χ2v) is 5.78. The Hall–Kier alpha value is -0.580. The van der Waals surface area contributed by atoms with Gasteiger partial charge in [-0.2, -0.15) is 0 Å². The molecule has 0 spiro atoms. The lowest BCUT2D eigenvalue weighted by molar-refractivity contribution is 0.00527. The van der Waals surface area contributed by atoms with E-state index < -0.39 is 12.2 Å². The van der Waals surface area contributed by atoms with E-state index in [1.165, 1.54) is 0 Å². The number of aliphatic hydroxyl groups excluding tert-OH is 2. The second kappa shape index (κ2) is 6.04. The molecule has 0 amide bonds. The van der Waals surface area contributed by atoms with Gasteiger partial charge in [0.1, 0.15) is 11.9 Å². The summed E-state index contributed by atoms with van der Waals surface area (Å²) in [4.78, 5) is 0. The summed E-state index contributed by atoms with van der Waals surface area (Å²) in [6.45, 7) is 1.71. The Morgan fingerprint density at radius 3 is 2.72 bits per heavy atom. The summed E-state index contributed by atoms with van der Waals surface area (Å²) < 4.78 is 6.80. The minimum atomic E-state index is -0.585. The molecule has 0 radical (unpaired) electrons. The van der Waals surface area contributed by atoms with Crippen LogP contribution in [-0.2, 0) is 0 Å². The first-order valence-corrected chi connectivity index (χ1v) is 7.19. The number of rotatable bonds is 3. The molecule has 1 fully saturated rings. The van der Waals surface area contributed by atoms with Gasteiger partial charge in [-0.1, -0.05) is 22.4 Å². The molecule has 0 saturated heterocycles.